The van der Waals surface area contributed by atoms with Crippen molar-refractivity contribution in [2.75, 3.05) is 5.75 Å². The SMILES string of the molecule is CC1(C)C(=O)NC2=C1CCCS2. The van der Waals surface area contributed by atoms with E-state index in [-0.39, 0.29) is 11.3 Å². The second-order valence-electron chi connectivity index (χ2n) is 3.84. The Labute approximate surface area is 76.8 Å². The summed E-state index contributed by atoms with van der Waals surface area (Å²) >= 11 is 1.79. The van der Waals surface area contributed by atoms with E-state index in [0.717, 1.165) is 17.2 Å². The molecule has 0 spiro atoms. The summed E-state index contributed by atoms with van der Waals surface area (Å²) in [7, 11) is 0. The van der Waals surface area contributed by atoms with Gasteiger partial charge in [0.15, 0.2) is 0 Å². The van der Waals surface area contributed by atoms with Crippen LogP contribution in [0.25, 0.3) is 0 Å². The van der Waals surface area contributed by atoms with Gasteiger partial charge in [0.2, 0.25) is 5.91 Å². The van der Waals surface area contributed by atoms with E-state index in [1.54, 1.807) is 11.8 Å². The summed E-state index contributed by atoms with van der Waals surface area (Å²) in [5.41, 5.74) is 1.08. The Bertz CT molecular complexity index is 268. The van der Waals surface area contributed by atoms with Gasteiger partial charge in [0, 0.05) is 0 Å². The number of amides is 1. The van der Waals surface area contributed by atoms with Crippen LogP contribution in [0.1, 0.15) is 26.7 Å². The van der Waals surface area contributed by atoms with E-state index in [9.17, 15) is 4.79 Å². The minimum absolute atomic E-state index is 0.168. The van der Waals surface area contributed by atoms with Crippen LogP contribution in [0.5, 0.6) is 0 Å². The summed E-state index contributed by atoms with van der Waals surface area (Å²) in [5, 5.41) is 4.09. The molecule has 0 atom stereocenters. The fraction of sp³-hybridized carbons (Fsp3) is 0.667. The molecule has 0 aromatic heterocycles. The van der Waals surface area contributed by atoms with Crippen LogP contribution in [-0.2, 0) is 4.79 Å². The number of thioether (sulfide) groups is 1. The van der Waals surface area contributed by atoms with Crippen molar-refractivity contribution in [2.24, 2.45) is 5.41 Å². The van der Waals surface area contributed by atoms with Gasteiger partial charge in [-0.25, -0.2) is 0 Å². The summed E-state index contributed by atoms with van der Waals surface area (Å²) in [6, 6.07) is 0. The molecule has 0 saturated carbocycles. The summed E-state index contributed by atoms with van der Waals surface area (Å²) in [5.74, 6) is 1.32. The highest BCUT2D eigenvalue weighted by atomic mass is 32.2. The maximum Gasteiger partial charge on any atom is 0.234 e. The highest BCUT2D eigenvalue weighted by Gasteiger charge is 2.41. The molecule has 0 unspecified atom stereocenters. The van der Waals surface area contributed by atoms with E-state index in [0.29, 0.717) is 0 Å². The molecule has 3 heteroatoms. The first-order valence-electron chi connectivity index (χ1n) is 4.30. The lowest BCUT2D eigenvalue weighted by Crippen LogP contribution is -2.28. The lowest BCUT2D eigenvalue weighted by Gasteiger charge is -2.21. The Morgan fingerprint density at radius 3 is 2.92 bits per heavy atom. The molecule has 1 N–H and O–H groups in total. The minimum Gasteiger partial charge on any atom is -0.320 e. The largest absolute Gasteiger partial charge is 0.320 e. The lowest BCUT2D eigenvalue weighted by molar-refractivity contribution is -0.125. The van der Waals surface area contributed by atoms with Crippen LogP contribution < -0.4 is 5.32 Å². The van der Waals surface area contributed by atoms with E-state index in [4.69, 9.17) is 0 Å². The van der Waals surface area contributed by atoms with Crippen LogP contribution in [0.3, 0.4) is 0 Å². The number of nitrogens with one attached hydrogen (secondary N) is 1. The average molecular weight is 183 g/mol. The lowest BCUT2D eigenvalue weighted by atomic mass is 9.84. The van der Waals surface area contributed by atoms with Crippen molar-refractivity contribution in [1.82, 2.24) is 5.32 Å². The topological polar surface area (TPSA) is 29.1 Å². The van der Waals surface area contributed by atoms with Gasteiger partial charge in [0.25, 0.3) is 0 Å². The monoisotopic (exact) mass is 183 g/mol. The molecule has 2 nitrogen and oxygen atoms in total. The molecule has 2 aliphatic heterocycles. The van der Waals surface area contributed by atoms with E-state index >= 15 is 0 Å². The van der Waals surface area contributed by atoms with Gasteiger partial charge in [0.05, 0.1) is 10.4 Å². The predicted octanol–water partition coefficient (Wildman–Crippen LogP) is 1.88. The van der Waals surface area contributed by atoms with Crippen molar-refractivity contribution >= 4 is 17.7 Å². The molecular formula is C9H13NOS. The van der Waals surface area contributed by atoms with E-state index in [1.807, 2.05) is 13.8 Å². The molecule has 0 fully saturated rings. The van der Waals surface area contributed by atoms with Crippen molar-refractivity contribution in [2.45, 2.75) is 26.7 Å². The Kier molecular flexibility index (Phi) is 1.72. The van der Waals surface area contributed by atoms with Crippen molar-refractivity contribution in [3.05, 3.63) is 10.6 Å². The van der Waals surface area contributed by atoms with Gasteiger partial charge in [-0.05, 0) is 38.0 Å². The van der Waals surface area contributed by atoms with Gasteiger partial charge < -0.3 is 5.32 Å². The molecule has 2 rings (SSSR count). The number of carbonyl (C=O) groups is 1. The number of hydrogen-bond acceptors (Lipinski definition) is 2. The normalized spacial score (nSPS) is 27.0. The third-order valence-electron chi connectivity index (χ3n) is 2.64. The standard InChI is InChI=1S/C9H13NOS/c1-9(2)6-4-3-5-12-7(6)10-8(9)11/h3-5H2,1-2H3,(H,10,11). The Morgan fingerprint density at radius 2 is 2.25 bits per heavy atom. The van der Waals surface area contributed by atoms with Crippen LogP contribution in [0, 0.1) is 5.41 Å². The Balaban J connectivity index is 2.38. The Hall–Kier alpha value is -0.440. The molecule has 0 aromatic carbocycles. The second kappa shape index (κ2) is 2.52. The molecule has 0 aliphatic carbocycles. The van der Waals surface area contributed by atoms with Crippen molar-refractivity contribution in [3.8, 4) is 0 Å². The molecule has 0 saturated heterocycles. The summed E-state index contributed by atoms with van der Waals surface area (Å²) in [6.07, 6.45) is 2.30. The van der Waals surface area contributed by atoms with E-state index in [2.05, 4.69) is 5.32 Å². The first kappa shape index (κ1) is 8.17. The maximum atomic E-state index is 11.5. The molecule has 12 heavy (non-hydrogen) atoms. The average Bonchev–Trinajstić information content (AvgIpc) is 2.25. The first-order valence-corrected chi connectivity index (χ1v) is 5.29. The number of hydrogen-bond donors (Lipinski definition) is 1. The van der Waals surface area contributed by atoms with E-state index in [1.165, 1.54) is 12.0 Å². The second-order valence-corrected chi connectivity index (χ2v) is 4.94. The molecule has 66 valence electrons. The number of rotatable bonds is 0. The molecular weight excluding hydrogens is 170 g/mol. The third-order valence-corrected chi connectivity index (χ3v) is 3.77. The number of carbonyl (C=O) groups excluding carboxylic acids is 1. The third kappa shape index (κ3) is 0.993. The van der Waals surface area contributed by atoms with Crippen LogP contribution in [0.15, 0.2) is 10.6 Å². The van der Waals surface area contributed by atoms with Crippen LogP contribution >= 0.6 is 11.8 Å². The zero-order chi connectivity index (χ0) is 8.77. The van der Waals surface area contributed by atoms with Gasteiger partial charge >= 0.3 is 0 Å². The molecule has 1 amide bonds. The summed E-state index contributed by atoms with van der Waals surface area (Å²) in [4.78, 5) is 11.5. The van der Waals surface area contributed by atoms with E-state index < -0.39 is 0 Å². The predicted molar refractivity (Wildman–Crippen MR) is 50.6 cm³/mol. The summed E-state index contributed by atoms with van der Waals surface area (Å²) in [6.45, 7) is 4.02. The van der Waals surface area contributed by atoms with Gasteiger partial charge in [-0.1, -0.05) is 0 Å². The zero-order valence-corrected chi connectivity index (χ0v) is 8.25. The highest BCUT2D eigenvalue weighted by molar-refractivity contribution is 8.03. The fourth-order valence-corrected chi connectivity index (χ4v) is 2.92. The van der Waals surface area contributed by atoms with Gasteiger partial charge in [-0.15, -0.1) is 11.8 Å². The Morgan fingerprint density at radius 1 is 1.50 bits per heavy atom. The van der Waals surface area contributed by atoms with Crippen molar-refractivity contribution in [1.29, 1.82) is 0 Å². The maximum absolute atomic E-state index is 11.5. The molecule has 2 aliphatic rings. The molecule has 2 heterocycles. The fourth-order valence-electron chi connectivity index (χ4n) is 1.73. The van der Waals surface area contributed by atoms with Crippen molar-refractivity contribution < 1.29 is 4.79 Å². The molecule has 0 radical (unpaired) electrons. The van der Waals surface area contributed by atoms with Crippen LogP contribution in [-0.4, -0.2) is 11.7 Å². The molecule has 0 aromatic rings. The highest BCUT2D eigenvalue weighted by Crippen LogP contribution is 2.43. The van der Waals surface area contributed by atoms with Gasteiger partial charge in [0.1, 0.15) is 0 Å². The quantitative estimate of drug-likeness (QED) is 0.621. The van der Waals surface area contributed by atoms with Crippen molar-refractivity contribution in [3.63, 3.8) is 0 Å². The zero-order valence-electron chi connectivity index (χ0n) is 7.44. The molecule has 0 bridgehead atoms. The first-order chi connectivity index (χ1) is 5.62. The smallest absolute Gasteiger partial charge is 0.234 e. The van der Waals surface area contributed by atoms with Gasteiger partial charge in [-0.2, -0.15) is 0 Å². The van der Waals surface area contributed by atoms with Crippen LogP contribution in [0.4, 0.5) is 0 Å². The minimum atomic E-state index is -0.247. The summed E-state index contributed by atoms with van der Waals surface area (Å²) < 4.78 is 0. The van der Waals surface area contributed by atoms with Crippen LogP contribution in [0.2, 0.25) is 0 Å². The van der Waals surface area contributed by atoms with Gasteiger partial charge in [-0.3, -0.25) is 4.79 Å².